The highest BCUT2D eigenvalue weighted by molar-refractivity contribution is 5.32. The van der Waals surface area contributed by atoms with Crippen molar-refractivity contribution in [1.29, 1.82) is 0 Å². The molecule has 0 aromatic heterocycles. The van der Waals surface area contributed by atoms with Crippen molar-refractivity contribution in [3.05, 3.63) is 65.7 Å². The zero-order valence-electron chi connectivity index (χ0n) is 14.0. The Morgan fingerprint density at radius 3 is 2.65 bits per heavy atom. The molecule has 2 nitrogen and oxygen atoms in total. The van der Waals surface area contributed by atoms with Gasteiger partial charge in [-0.25, -0.2) is 0 Å². The standard InChI is InChI=1S/C21H27NO/c1-23-19-11-7-10-18(16-19)20-12-5-6-13-21(20)22-15-14-17-8-3-2-4-9-17/h2-4,7-11,16,20-22H,5-6,12-15H2,1H3. The molecule has 3 rings (SSSR count). The van der Waals surface area contributed by atoms with E-state index < -0.39 is 0 Å². The molecule has 0 heterocycles. The van der Waals surface area contributed by atoms with E-state index in [4.69, 9.17) is 4.74 Å². The molecule has 0 radical (unpaired) electrons. The number of hydrogen-bond donors (Lipinski definition) is 1. The van der Waals surface area contributed by atoms with Gasteiger partial charge < -0.3 is 10.1 Å². The van der Waals surface area contributed by atoms with E-state index in [9.17, 15) is 0 Å². The van der Waals surface area contributed by atoms with E-state index in [0.717, 1.165) is 18.7 Å². The molecule has 1 saturated carbocycles. The molecule has 0 aliphatic heterocycles. The van der Waals surface area contributed by atoms with Crippen LogP contribution in [0.2, 0.25) is 0 Å². The van der Waals surface area contributed by atoms with E-state index in [0.29, 0.717) is 12.0 Å². The summed E-state index contributed by atoms with van der Waals surface area (Å²) in [6.07, 6.45) is 6.32. The van der Waals surface area contributed by atoms with Gasteiger partial charge in [0, 0.05) is 6.04 Å². The molecule has 2 aromatic rings. The molecule has 2 atom stereocenters. The highest BCUT2D eigenvalue weighted by atomic mass is 16.5. The van der Waals surface area contributed by atoms with Gasteiger partial charge in [-0.1, -0.05) is 55.3 Å². The molecule has 1 N–H and O–H groups in total. The first-order chi connectivity index (χ1) is 11.4. The molecular formula is C21H27NO. The van der Waals surface area contributed by atoms with Crippen molar-refractivity contribution in [2.24, 2.45) is 0 Å². The van der Waals surface area contributed by atoms with Gasteiger partial charge in [0.25, 0.3) is 0 Å². The van der Waals surface area contributed by atoms with Gasteiger partial charge in [-0.2, -0.15) is 0 Å². The van der Waals surface area contributed by atoms with Crippen LogP contribution in [-0.2, 0) is 6.42 Å². The molecule has 2 unspecified atom stereocenters. The van der Waals surface area contributed by atoms with Crippen LogP contribution in [0.5, 0.6) is 5.75 Å². The maximum absolute atomic E-state index is 5.40. The van der Waals surface area contributed by atoms with Crippen LogP contribution >= 0.6 is 0 Å². The number of methoxy groups -OCH3 is 1. The van der Waals surface area contributed by atoms with Crippen LogP contribution in [-0.4, -0.2) is 19.7 Å². The van der Waals surface area contributed by atoms with Crippen LogP contribution in [0, 0.1) is 0 Å². The van der Waals surface area contributed by atoms with Gasteiger partial charge in [-0.15, -0.1) is 0 Å². The van der Waals surface area contributed by atoms with Crippen LogP contribution in [0.1, 0.15) is 42.7 Å². The number of nitrogens with one attached hydrogen (secondary N) is 1. The predicted molar refractivity (Wildman–Crippen MR) is 96.1 cm³/mol. The molecule has 2 aromatic carbocycles. The normalized spacial score (nSPS) is 21.1. The Labute approximate surface area is 139 Å². The third-order valence-corrected chi connectivity index (χ3v) is 4.95. The van der Waals surface area contributed by atoms with Crippen LogP contribution < -0.4 is 10.1 Å². The summed E-state index contributed by atoms with van der Waals surface area (Å²) < 4.78 is 5.40. The van der Waals surface area contributed by atoms with Crippen molar-refractivity contribution in [1.82, 2.24) is 5.32 Å². The molecule has 0 bridgehead atoms. The topological polar surface area (TPSA) is 21.3 Å². The number of ether oxygens (including phenoxy) is 1. The molecule has 1 aliphatic rings. The molecule has 0 amide bonds. The quantitative estimate of drug-likeness (QED) is 0.845. The van der Waals surface area contributed by atoms with E-state index in [1.807, 2.05) is 6.07 Å². The fourth-order valence-corrected chi connectivity index (χ4v) is 3.69. The second-order valence-electron chi connectivity index (χ2n) is 6.46. The van der Waals surface area contributed by atoms with E-state index in [1.54, 1.807) is 7.11 Å². The first-order valence-corrected chi connectivity index (χ1v) is 8.78. The van der Waals surface area contributed by atoms with E-state index >= 15 is 0 Å². The van der Waals surface area contributed by atoms with Crippen LogP contribution in [0.25, 0.3) is 0 Å². The van der Waals surface area contributed by atoms with Gasteiger partial charge in [0.2, 0.25) is 0 Å². The van der Waals surface area contributed by atoms with E-state index in [-0.39, 0.29) is 0 Å². The Hall–Kier alpha value is -1.80. The third-order valence-electron chi connectivity index (χ3n) is 4.95. The lowest BCUT2D eigenvalue weighted by atomic mass is 9.80. The van der Waals surface area contributed by atoms with Gasteiger partial charge in [-0.3, -0.25) is 0 Å². The van der Waals surface area contributed by atoms with Gasteiger partial charge in [0.15, 0.2) is 0 Å². The molecule has 2 heteroatoms. The molecule has 1 fully saturated rings. The maximum atomic E-state index is 5.40. The summed E-state index contributed by atoms with van der Waals surface area (Å²) in [4.78, 5) is 0. The average molecular weight is 309 g/mol. The largest absolute Gasteiger partial charge is 0.497 e. The summed E-state index contributed by atoms with van der Waals surface area (Å²) in [6.45, 7) is 1.05. The van der Waals surface area contributed by atoms with Crippen LogP contribution in [0.4, 0.5) is 0 Å². The minimum Gasteiger partial charge on any atom is -0.497 e. The smallest absolute Gasteiger partial charge is 0.119 e. The molecule has 122 valence electrons. The fourth-order valence-electron chi connectivity index (χ4n) is 3.69. The summed E-state index contributed by atoms with van der Waals surface area (Å²) in [5, 5.41) is 3.82. The Balaban J connectivity index is 1.62. The Kier molecular flexibility index (Phi) is 5.71. The monoisotopic (exact) mass is 309 g/mol. The zero-order chi connectivity index (χ0) is 15.9. The average Bonchev–Trinajstić information content (AvgIpc) is 2.63. The highest BCUT2D eigenvalue weighted by Gasteiger charge is 2.26. The van der Waals surface area contributed by atoms with Crippen molar-refractivity contribution in [2.75, 3.05) is 13.7 Å². The summed E-state index contributed by atoms with van der Waals surface area (Å²) in [6, 6.07) is 19.9. The zero-order valence-corrected chi connectivity index (χ0v) is 14.0. The molecule has 1 aliphatic carbocycles. The van der Waals surface area contributed by atoms with Gasteiger partial charge in [0.05, 0.1) is 7.11 Å². The van der Waals surface area contributed by atoms with E-state index in [1.165, 1.54) is 36.8 Å². The van der Waals surface area contributed by atoms with Crippen molar-refractivity contribution in [3.8, 4) is 5.75 Å². The lowest BCUT2D eigenvalue weighted by Crippen LogP contribution is -2.38. The number of hydrogen-bond acceptors (Lipinski definition) is 2. The van der Waals surface area contributed by atoms with Crippen LogP contribution in [0.15, 0.2) is 54.6 Å². The maximum Gasteiger partial charge on any atom is 0.119 e. The van der Waals surface area contributed by atoms with Crippen molar-refractivity contribution in [3.63, 3.8) is 0 Å². The first-order valence-electron chi connectivity index (χ1n) is 8.78. The molecular weight excluding hydrogens is 282 g/mol. The molecule has 0 spiro atoms. The summed E-state index contributed by atoms with van der Waals surface area (Å²) in [5.74, 6) is 1.57. The van der Waals surface area contributed by atoms with Crippen molar-refractivity contribution >= 4 is 0 Å². The molecule has 0 saturated heterocycles. The fraction of sp³-hybridized carbons (Fsp3) is 0.429. The second-order valence-corrected chi connectivity index (χ2v) is 6.46. The number of rotatable bonds is 6. The SMILES string of the molecule is COc1cccc(C2CCCCC2NCCc2ccccc2)c1. The Bertz CT molecular complexity index is 596. The Morgan fingerprint density at radius 1 is 1.00 bits per heavy atom. The number of benzene rings is 2. The Morgan fingerprint density at radius 2 is 1.83 bits per heavy atom. The van der Waals surface area contributed by atoms with Gasteiger partial charge in [-0.05, 0) is 55.0 Å². The summed E-state index contributed by atoms with van der Waals surface area (Å²) in [5.41, 5.74) is 2.83. The predicted octanol–water partition coefficient (Wildman–Crippen LogP) is 4.55. The minimum atomic E-state index is 0.583. The first kappa shape index (κ1) is 16.1. The van der Waals surface area contributed by atoms with Crippen molar-refractivity contribution in [2.45, 2.75) is 44.1 Å². The molecule has 23 heavy (non-hydrogen) atoms. The highest BCUT2D eigenvalue weighted by Crippen LogP contribution is 2.34. The summed E-state index contributed by atoms with van der Waals surface area (Å²) in [7, 11) is 1.75. The van der Waals surface area contributed by atoms with E-state index in [2.05, 4.69) is 53.8 Å². The third kappa shape index (κ3) is 4.35. The van der Waals surface area contributed by atoms with Crippen molar-refractivity contribution < 1.29 is 4.74 Å². The lowest BCUT2D eigenvalue weighted by Gasteiger charge is -2.33. The van der Waals surface area contributed by atoms with Crippen LogP contribution in [0.3, 0.4) is 0 Å². The minimum absolute atomic E-state index is 0.583. The summed E-state index contributed by atoms with van der Waals surface area (Å²) >= 11 is 0. The van der Waals surface area contributed by atoms with Gasteiger partial charge >= 0.3 is 0 Å². The second kappa shape index (κ2) is 8.16. The van der Waals surface area contributed by atoms with Gasteiger partial charge in [0.1, 0.15) is 5.75 Å². The lowest BCUT2D eigenvalue weighted by molar-refractivity contribution is 0.328.